The maximum Gasteiger partial charge on any atom is 0.0491 e. The fourth-order valence-electron chi connectivity index (χ4n) is 3.38. The van der Waals surface area contributed by atoms with E-state index in [1.54, 1.807) is 12.4 Å². The zero-order valence-corrected chi connectivity index (χ0v) is 18.3. The minimum absolute atomic E-state index is 0. The summed E-state index contributed by atoms with van der Waals surface area (Å²) >= 11 is 0. The van der Waals surface area contributed by atoms with Crippen molar-refractivity contribution in [1.82, 2.24) is 19.6 Å². The molecule has 30 heavy (non-hydrogen) atoms. The molecule has 5 heteroatoms. The van der Waals surface area contributed by atoms with E-state index in [-0.39, 0.29) is 20.1 Å². The summed E-state index contributed by atoms with van der Waals surface area (Å²) in [4.78, 5) is 8.66. The minimum atomic E-state index is 0. The second-order valence-corrected chi connectivity index (χ2v) is 6.45. The zero-order valence-electron chi connectivity index (χ0n) is 15.9. The Bertz CT molecular complexity index is 1290. The quantitative estimate of drug-likeness (QED) is 0.199. The van der Waals surface area contributed by atoms with Crippen molar-refractivity contribution < 1.29 is 20.1 Å². The van der Waals surface area contributed by atoms with Crippen LogP contribution in [0.2, 0.25) is 0 Å². The molecule has 0 saturated carbocycles. The van der Waals surface area contributed by atoms with E-state index >= 15 is 0 Å². The third-order valence-electron chi connectivity index (χ3n) is 4.68. The van der Waals surface area contributed by atoms with Crippen molar-refractivity contribution in [3.8, 4) is 11.3 Å². The molecular formula is C25H16IrN4-2. The van der Waals surface area contributed by atoms with Gasteiger partial charge in [-0.15, -0.1) is 65.5 Å². The second-order valence-electron chi connectivity index (χ2n) is 6.45. The first-order valence-electron chi connectivity index (χ1n) is 9.31. The number of aromatic nitrogens is 4. The summed E-state index contributed by atoms with van der Waals surface area (Å²) in [6, 6.07) is 32.1. The molecular weight excluding hydrogens is 549 g/mol. The molecule has 0 aliphatic heterocycles. The van der Waals surface area contributed by atoms with Crippen LogP contribution in [-0.4, -0.2) is 19.6 Å². The first kappa shape index (κ1) is 19.9. The Hall–Kier alpha value is -3.40. The van der Waals surface area contributed by atoms with Gasteiger partial charge in [0.05, 0.1) is 0 Å². The van der Waals surface area contributed by atoms with Crippen LogP contribution >= 0.6 is 0 Å². The van der Waals surface area contributed by atoms with Crippen molar-refractivity contribution in [1.29, 1.82) is 0 Å². The molecule has 4 nitrogen and oxygen atoms in total. The Labute approximate surface area is 187 Å². The summed E-state index contributed by atoms with van der Waals surface area (Å²) in [5.41, 5.74) is 5.07. The van der Waals surface area contributed by atoms with Gasteiger partial charge >= 0.3 is 0 Å². The van der Waals surface area contributed by atoms with Gasteiger partial charge in [-0.2, -0.15) is 5.10 Å². The van der Waals surface area contributed by atoms with Gasteiger partial charge in [0.2, 0.25) is 0 Å². The van der Waals surface area contributed by atoms with Gasteiger partial charge in [-0.25, -0.2) is 4.52 Å². The van der Waals surface area contributed by atoms with E-state index in [0.29, 0.717) is 0 Å². The molecule has 4 heterocycles. The van der Waals surface area contributed by atoms with E-state index in [2.05, 4.69) is 33.3 Å². The normalized spacial score (nSPS) is 10.4. The van der Waals surface area contributed by atoms with Gasteiger partial charge in [-0.05, 0) is 30.0 Å². The molecule has 0 N–H and O–H groups in total. The fraction of sp³-hybridized carbons (Fsp3) is 0. The summed E-state index contributed by atoms with van der Waals surface area (Å²) < 4.78 is 1.93. The molecule has 0 bridgehead atoms. The molecule has 0 amide bonds. The maximum atomic E-state index is 4.45. The van der Waals surface area contributed by atoms with Crippen LogP contribution in [0.3, 0.4) is 0 Å². The molecule has 0 saturated heterocycles. The van der Waals surface area contributed by atoms with Crippen LogP contribution in [0.4, 0.5) is 0 Å². The van der Waals surface area contributed by atoms with E-state index in [1.807, 2.05) is 83.5 Å². The summed E-state index contributed by atoms with van der Waals surface area (Å²) in [6.45, 7) is 0. The Kier molecular flexibility index (Phi) is 5.94. The van der Waals surface area contributed by atoms with Crippen LogP contribution in [0.1, 0.15) is 0 Å². The topological polar surface area (TPSA) is 43.1 Å². The number of fused-ring (bicyclic) bond motifs is 6. The van der Waals surface area contributed by atoms with Gasteiger partial charge in [0.15, 0.2) is 0 Å². The van der Waals surface area contributed by atoms with E-state index in [1.165, 1.54) is 0 Å². The third-order valence-corrected chi connectivity index (χ3v) is 4.68. The van der Waals surface area contributed by atoms with E-state index in [9.17, 15) is 0 Å². The van der Waals surface area contributed by atoms with Gasteiger partial charge in [0.25, 0.3) is 0 Å². The monoisotopic (exact) mass is 565 g/mol. The second kappa shape index (κ2) is 8.95. The first-order valence-corrected chi connectivity index (χ1v) is 9.31. The smallest absolute Gasteiger partial charge is 0.0491 e. The van der Waals surface area contributed by atoms with Crippen LogP contribution < -0.4 is 0 Å². The third kappa shape index (κ3) is 3.73. The minimum Gasteiger partial charge on any atom is -0.305 e. The Morgan fingerprint density at radius 2 is 1.53 bits per heavy atom. The van der Waals surface area contributed by atoms with Crippen LogP contribution in [0.5, 0.6) is 0 Å². The predicted molar refractivity (Wildman–Crippen MR) is 115 cm³/mol. The summed E-state index contributed by atoms with van der Waals surface area (Å²) in [6.07, 6.45) is 5.41. The molecule has 147 valence electrons. The van der Waals surface area contributed by atoms with Gasteiger partial charge in [-0.3, -0.25) is 0 Å². The average molecular weight is 565 g/mol. The van der Waals surface area contributed by atoms with Crippen molar-refractivity contribution in [2.45, 2.75) is 0 Å². The molecule has 2 aromatic carbocycles. The molecule has 0 spiro atoms. The number of rotatable bonds is 1. The molecule has 0 atom stereocenters. The molecule has 0 unspecified atom stereocenters. The number of nitrogens with zero attached hydrogens (tertiary/aromatic N) is 4. The van der Waals surface area contributed by atoms with Gasteiger partial charge in [0, 0.05) is 55.2 Å². The molecule has 4 aromatic heterocycles. The van der Waals surface area contributed by atoms with Crippen molar-refractivity contribution in [2.75, 3.05) is 0 Å². The van der Waals surface area contributed by atoms with E-state index in [4.69, 9.17) is 0 Å². The first-order chi connectivity index (χ1) is 14.4. The van der Waals surface area contributed by atoms with Crippen LogP contribution in [0.25, 0.3) is 38.6 Å². The van der Waals surface area contributed by atoms with Gasteiger partial charge in [-0.1, -0.05) is 17.5 Å². The van der Waals surface area contributed by atoms with E-state index in [0.717, 1.165) is 38.6 Å². The van der Waals surface area contributed by atoms with Crippen molar-refractivity contribution in [2.24, 2.45) is 0 Å². The Morgan fingerprint density at radius 1 is 0.667 bits per heavy atom. The van der Waals surface area contributed by atoms with Gasteiger partial charge in [0.1, 0.15) is 0 Å². The summed E-state index contributed by atoms with van der Waals surface area (Å²) in [5, 5.41) is 6.55. The zero-order chi connectivity index (χ0) is 19.5. The average Bonchev–Trinajstić information content (AvgIpc) is 3.32. The number of hydrogen-bond acceptors (Lipinski definition) is 3. The molecule has 6 rings (SSSR count). The fourth-order valence-corrected chi connectivity index (χ4v) is 3.38. The van der Waals surface area contributed by atoms with Crippen LogP contribution in [-0.2, 0) is 20.1 Å². The predicted octanol–water partition coefficient (Wildman–Crippen LogP) is 5.38. The molecule has 0 aliphatic rings. The van der Waals surface area contributed by atoms with E-state index < -0.39 is 0 Å². The van der Waals surface area contributed by atoms with Crippen LogP contribution in [0.15, 0.2) is 97.5 Å². The molecule has 0 fully saturated rings. The Balaban J connectivity index is 0.000000149. The van der Waals surface area contributed by atoms with Crippen molar-refractivity contribution in [3.63, 3.8) is 0 Å². The molecule has 6 aromatic rings. The number of hydrogen-bond donors (Lipinski definition) is 0. The maximum absolute atomic E-state index is 4.45. The van der Waals surface area contributed by atoms with Gasteiger partial charge < -0.3 is 9.97 Å². The standard InChI is InChI=1S/C14H8N3.C11H8N.Ir/c1-2-5-11-10(4-1)12-7-9-16-17(12)13-6-3-8-15-14(11)13;1-2-6-10(7-3-1)11-8-4-5-9-12-11;/h1-4,6-9H;1-6,8-9H;/q2*-1;. The molecule has 1 radical (unpaired) electrons. The van der Waals surface area contributed by atoms with Crippen molar-refractivity contribution in [3.05, 3.63) is 110 Å². The molecule has 0 aliphatic carbocycles. The summed E-state index contributed by atoms with van der Waals surface area (Å²) in [5.74, 6) is 0. The van der Waals surface area contributed by atoms with Crippen LogP contribution in [0, 0.1) is 12.1 Å². The number of pyridine rings is 3. The Morgan fingerprint density at radius 3 is 2.37 bits per heavy atom. The van der Waals surface area contributed by atoms with Crippen molar-refractivity contribution >= 4 is 27.3 Å². The number of benzene rings is 2. The summed E-state index contributed by atoms with van der Waals surface area (Å²) in [7, 11) is 0. The SMILES string of the molecule is [Ir].[c-]1cccc2c1c1ncccc1n1nccc21.[c-]1ccccc1-c1ccccn1. The largest absolute Gasteiger partial charge is 0.305 e.